The average molecular weight is 426 g/mol. The van der Waals surface area contributed by atoms with Gasteiger partial charge >= 0.3 is 6.18 Å². The molecule has 0 aromatic heterocycles. The minimum absolute atomic E-state index is 0.262. The number of hydrogen-bond acceptors (Lipinski definition) is 3. The van der Waals surface area contributed by atoms with Crippen LogP contribution in [0.4, 0.5) is 13.2 Å². The van der Waals surface area contributed by atoms with E-state index >= 15 is 0 Å². The molecule has 0 amide bonds. The van der Waals surface area contributed by atoms with E-state index in [1.54, 1.807) is 7.05 Å². The zero-order chi connectivity index (χ0) is 21.8. The van der Waals surface area contributed by atoms with Crippen molar-refractivity contribution in [3.8, 4) is 0 Å². The maximum atomic E-state index is 13.1. The highest BCUT2D eigenvalue weighted by Gasteiger charge is 2.40. The molecule has 2 fully saturated rings. The van der Waals surface area contributed by atoms with Crippen molar-refractivity contribution in [3.05, 3.63) is 35.4 Å². The fourth-order valence-corrected chi connectivity index (χ4v) is 4.31. The Labute approximate surface area is 177 Å². The first-order valence-electron chi connectivity index (χ1n) is 10.8. The van der Waals surface area contributed by atoms with Gasteiger partial charge in [-0.25, -0.2) is 0 Å². The van der Waals surface area contributed by atoms with Crippen LogP contribution in [0.3, 0.4) is 0 Å². The number of piperazine rings is 1. The zero-order valence-electron chi connectivity index (χ0n) is 18.2. The van der Waals surface area contributed by atoms with E-state index in [1.807, 2.05) is 6.07 Å². The second-order valence-corrected chi connectivity index (χ2v) is 8.71. The minimum Gasteiger partial charge on any atom is -0.356 e. The monoisotopic (exact) mass is 425 g/mol. The van der Waals surface area contributed by atoms with Gasteiger partial charge in [-0.2, -0.15) is 13.2 Å². The molecule has 0 spiro atoms. The molecule has 0 radical (unpaired) electrons. The Morgan fingerprint density at radius 3 is 2.43 bits per heavy atom. The summed E-state index contributed by atoms with van der Waals surface area (Å²) in [5, 5.41) is 6.75. The third kappa shape index (κ3) is 5.46. The molecule has 168 valence electrons. The maximum absolute atomic E-state index is 13.1. The van der Waals surface area contributed by atoms with Crippen molar-refractivity contribution < 1.29 is 13.2 Å². The van der Waals surface area contributed by atoms with Gasteiger partial charge in [0.15, 0.2) is 5.96 Å². The van der Waals surface area contributed by atoms with Crippen LogP contribution in [0.15, 0.2) is 29.3 Å². The average Bonchev–Trinajstić information content (AvgIpc) is 2.69. The number of nitrogens with one attached hydrogen (secondary N) is 2. The Morgan fingerprint density at radius 1 is 1.17 bits per heavy atom. The van der Waals surface area contributed by atoms with Gasteiger partial charge in [0, 0.05) is 57.8 Å². The van der Waals surface area contributed by atoms with Crippen LogP contribution in [0.5, 0.6) is 0 Å². The van der Waals surface area contributed by atoms with Crippen LogP contribution in [0, 0.1) is 0 Å². The zero-order valence-corrected chi connectivity index (χ0v) is 18.2. The number of nitrogens with zero attached hydrogens (tertiary/aromatic N) is 3. The number of rotatable bonds is 6. The Balaban J connectivity index is 1.56. The summed E-state index contributed by atoms with van der Waals surface area (Å²) >= 11 is 0. The van der Waals surface area contributed by atoms with E-state index in [9.17, 15) is 13.2 Å². The summed E-state index contributed by atoms with van der Waals surface area (Å²) in [4.78, 5) is 9.12. The molecule has 2 N–H and O–H groups in total. The van der Waals surface area contributed by atoms with E-state index in [0.717, 1.165) is 63.6 Å². The number of alkyl halides is 3. The van der Waals surface area contributed by atoms with Crippen LogP contribution < -0.4 is 10.6 Å². The Hall–Kier alpha value is -1.80. The molecule has 0 bridgehead atoms. The lowest BCUT2D eigenvalue weighted by atomic mass is 9.64. The topological polar surface area (TPSA) is 42.9 Å². The molecule has 5 nitrogen and oxygen atoms in total. The molecule has 1 aromatic rings. The first-order chi connectivity index (χ1) is 14.2. The fraction of sp³-hybridized carbons (Fsp3) is 0.682. The molecule has 1 saturated heterocycles. The van der Waals surface area contributed by atoms with E-state index in [4.69, 9.17) is 0 Å². The van der Waals surface area contributed by atoms with Crippen molar-refractivity contribution in [2.75, 3.05) is 53.4 Å². The normalized spacial score (nSPS) is 21.7. The minimum atomic E-state index is -4.31. The third-order valence-electron chi connectivity index (χ3n) is 6.66. The molecule has 30 heavy (non-hydrogen) atoms. The highest BCUT2D eigenvalue weighted by Crippen LogP contribution is 2.44. The van der Waals surface area contributed by atoms with Crippen molar-refractivity contribution in [1.29, 1.82) is 0 Å². The van der Waals surface area contributed by atoms with E-state index in [2.05, 4.69) is 39.4 Å². The Kier molecular flexibility index (Phi) is 7.29. The van der Waals surface area contributed by atoms with Gasteiger partial charge in [0.25, 0.3) is 0 Å². The predicted octanol–water partition coefficient (Wildman–Crippen LogP) is 2.93. The van der Waals surface area contributed by atoms with Crippen LogP contribution in [0.2, 0.25) is 0 Å². The van der Waals surface area contributed by atoms with Crippen LogP contribution in [0.25, 0.3) is 0 Å². The molecule has 1 aliphatic heterocycles. The SMILES string of the molecule is CN=C(NCC(C)N1CCN(C)CC1)NCC1(c2cccc(C(F)(F)F)c2)CCC1. The molecule has 8 heteroatoms. The summed E-state index contributed by atoms with van der Waals surface area (Å²) in [6.45, 7) is 7.85. The smallest absolute Gasteiger partial charge is 0.356 e. The summed E-state index contributed by atoms with van der Waals surface area (Å²) in [5.74, 6) is 0.703. The van der Waals surface area contributed by atoms with Gasteiger partial charge in [-0.15, -0.1) is 0 Å². The molecular formula is C22H34F3N5. The van der Waals surface area contributed by atoms with Crippen molar-refractivity contribution in [3.63, 3.8) is 0 Å². The lowest BCUT2D eigenvalue weighted by Gasteiger charge is -2.43. The Bertz CT molecular complexity index is 722. The van der Waals surface area contributed by atoms with Gasteiger partial charge in [-0.3, -0.25) is 9.89 Å². The summed E-state index contributed by atoms with van der Waals surface area (Å²) in [7, 11) is 3.88. The quantitative estimate of drug-likeness (QED) is 0.543. The number of likely N-dealkylation sites (N-methyl/N-ethyl adjacent to an activating group) is 1. The molecule has 1 atom stereocenters. The van der Waals surface area contributed by atoms with Crippen molar-refractivity contribution >= 4 is 5.96 Å². The van der Waals surface area contributed by atoms with Gasteiger partial charge in [0.1, 0.15) is 0 Å². The fourth-order valence-electron chi connectivity index (χ4n) is 4.31. The predicted molar refractivity (Wildman–Crippen MR) is 115 cm³/mol. The molecule has 1 aromatic carbocycles. The standard InChI is InChI=1S/C22H34F3N5/c1-17(30-12-10-29(3)11-13-30)15-27-20(26-2)28-16-21(8-5-9-21)18-6-4-7-19(14-18)22(23,24)25/h4,6-7,14,17H,5,8-13,15-16H2,1-3H3,(H2,26,27,28). The summed E-state index contributed by atoms with van der Waals surface area (Å²) in [6.07, 6.45) is -1.51. The van der Waals surface area contributed by atoms with Crippen LogP contribution in [-0.4, -0.2) is 75.2 Å². The highest BCUT2D eigenvalue weighted by atomic mass is 19.4. The van der Waals surface area contributed by atoms with E-state index in [-0.39, 0.29) is 5.41 Å². The largest absolute Gasteiger partial charge is 0.416 e. The van der Waals surface area contributed by atoms with Gasteiger partial charge in [-0.05, 0) is 38.4 Å². The van der Waals surface area contributed by atoms with Crippen LogP contribution in [0.1, 0.15) is 37.3 Å². The number of hydrogen-bond donors (Lipinski definition) is 2. The van der Waals surface area contributed by atoms with E-state index in [0.29, 0.717) is 18.5 Å². The maximum Gasteiger partial charge on any atom is 0.416 e. The number of benzene rings is 1. The molecule has 3 rings (SSSR count). The highest BCUT2D eigenvalue weighted by molar-refractivity contribution is 5.79. The molecule has 2 aliphatic rings. The molecule has 1 aliphatic carbocycles. The lowest BCUT2D eigenvalue weighted by Crippen LogP contribution is -2.53. The number of aliphatic imine (C=N–C) groups is 1. The summed E-state index contributed by atoms with van der Waals surface area (Å²) < 4.78 is 39.4. The van der Waals surface area contributed by atoms with Gasteiger partial charge in [0.2, 0.25) is 0 Å². The third-order valence-corrected chi connectivity index (χ3v) is 6.66. The molecular weight excluding hydrogens is 391 g/mol. The number of halogens is 3. The van der Waals surface area contributed by atoms with Gasteiger partial charge in [-0.1, -0.05) is 24.6 Å². The lowest BCUT2D eigenvalue weighted by molar-refractivity contribution is -0.137. The van der Waals surface area contributed by atoms with Crippen LogP contribution >= 0.6 is 0 Å². The molecule has 1 unspecified atom stereocenters. The Morgan fingerprint density at radius 2 is 1.87 bits per heavy atom. The van der Waals surface area contributed by atoms with Crippen molar-refractivity contribution in [2.24, 2.45) is 4.99 Å². The first-order valence-corrected chi connectivity index (χ1v) is 10.8. The second-order valence-electron chi connectivity index (χ2n) is 8.71. The van der Waals surface area contributed by atoms with Crippen molar-refractivity contribution in [2.45, 2.75) is 43.8 Å². The van der Waals surface area contributed by atoms with E-state index in [1.165, 1.54) is 12.1 Å². The van der Waals surface area contributed by atoms with Crippen LogP contribution in [-0.2, 0) is 11.6 Å². The molecule has 1 saturated carbocycles. The van der Waals surface area contributed by atoms with Crippen molar-refractivity contribution in [1.82, 2.24) is 20.4 Å². The summed E-state index contributed by atoms with van der Waals surface area (Å²) in [6, 6.07) is 6.18. The van der Waals surface area contributed by atoms with Gasteiger partial charge in [0.05, 0.1) is 5.56 Å². The second kappa shape index (κ2) is 9.56. The summed E-state index contributed by atoms with van der Waals surface area (Å²) in [5.41, 5.74) is -0.0748. The molecule has 1 heterocycles. The number of guanidine groups is 1. The van der Waals surface area contributed by atoms with Gasteiger partial charge < -0.3 is 15.5 Å². The van der Waals surface area contributed by atoms with E-state index < -0.39 is 11.7 Å². The first kappa shape index (κ1) is 22.9.